The molecule has 0 spiro atoms. The fraction of sp³-hybridized carbons (Fsp3) is 0.167. The van der Waals surface area contributed by atoms with E-state index in [1.54, 1.807) is 43.6 Å². The summed E-state index contributed by atoms with van der Waals surface area (Å²) in [4.78, 5) is 30.2. The normalized spacial score (nSPS) is 15.1. The molecule has 0 saturated carbocycles. The molecule has 0 radical (unpaired) electrons. The number of carbonyl (C=O) groups excluding carboxylic acids is 2. The van der Waals surface area contributed by atoms with Crippen LogP contribution < -0.4 is 15.4 Å². The average Bonchev–Trinajstić information content (AvgIpc) is 2.88. The quantitative estimate of drug-likeness (QED) is 0.287. The zero-order chi connectivity index (χ0) is 25.3. The summed E-state index contributed by atoms with van der Waals surface area (Å²) in [5.41, 5.74) is 5.23. The van der Waals surface area contributed by atoms with Crippen LogP contribution in [-0.4, -0.2) is 29.3 Å². The Hall–Kier alpha value is -4.45. The van der Waals surface area contributed by atoms with Gasteiger partial charge in [0.1, 0.15) is 5.75 Å². The van der Waals surface area contributed by atoms with Gasteiger partial charge >= 0.3 is 0 Å². The molecule has 1 aliphatic rings. The molecule has 3 aromatic carbocycles. The Labute approximate surface area is 210 Å². The SMILES string of the molecule is COc1ccc2c(c1)/C(=C/C(=O)c1ccc(C(=O)Nc3ccc4ncccc4c3)cc1)NC(C)(C)C2. The highest BCUT2D eigenvalue weighted by Crippen LogP contribution is 2.32. The van der Waals surface area contributed by atoms with Crippen LogP contribution in [0.3, 0.4) is 0 Å². The first kappa shape index (κ1) is 23.3. The fourth-order valence-corrected chi connectivity index (χ4v) is 4.51. The summed E-state index contributed by atoms with van der Waals surface area (Å²) < 4.78 is 5.39. The molecule has 0 saturated heterocycles. The molecule has 4 aromatic rings. The van der Waals surface area contributed by atoms with Gasteiger partial charge in [0.2, 0.25) is 0 Å². The van der Waals surface area contributed by atoms with Gasteiger partial charge in [0.15, 0.2) is 5.78 Å². The van der Waals surface area contributed by atoms with Crippen LogP contribution >= 0.6 is 0 Å². The number of pyridine rings is 1. The summed E-state index contributed by atoms with van der Waals surface area (Å²) in [6.07, 6.45) is 4.20. The zero-order valence-corrected chi connectivity index (χ0v) is 20.5. The Balaban J connectivity index is 1.35. The minimum Gasteiger partial charge on any atom is -0.497 e. The molecule has 0 bridgehead atoms. The van der Waals surface area contributed by atoms with E-state index in [1.165, 1.54) is 0 Å². The maximum Gasteiger partial charge on any atom is 0.255 e. The molecule has 2 heterocycles. The lowest BCUT2D eigenvalue weighted by atomic mass is 9.85. The van der Waals surface area contributed by atoms with Gasteiger partial charge in [-0.2, -0.15) is 0 Å². The van der Waals surface area contributed by atoms with Crippen LogP contribution in [0.25, 0.3) is 16.6 Å². The van der Waals surface area contributed by atoms with E-state index >= 15 is 0 Å². The Kier molecular flexibility index (Phi) is 6.02. The van der Waals surface area contributed by atoms with Crippen LogP contribution in [0.2, 0.25) is 0 Å². The smallest absolute Gasteiger partial charge is 0.255 e. The van der Waals surface area contributed by atoms with Crippen LogP contribution in [0.5, 0.6) is 5.75 Å². The van der Waals surface area contributed by atoms with Gasteiger partial charge in [-0.15, -0.1) is 0 Å². The molecular weight excluding hydrogens is 450 g/mol. The molecule has 1 amide bonds. The van der Waals surface area contributed by atoms with Gasteiger partial charge in [-0.1, -0.05) is 24.3 Å². The number of ether oxygens (including phenoxy) is 1. The van der Waals surface area contributed by atoms with E-state index in [0.717, 1.165) is 39.9 Å². The molecule has 0 atom stereocenters. The monoisotopic (exact) mass is 477 g/mol. The molecule has 36 heavy (non-hydrogen) atoms. The number of nitrogens with zero attached hydrogens (tertiary/aromatic N) is 1. The molecular formula is C30H27N3O3. The third kappa shape index (κ3) is 4.84. The first-order valence-corrected chi connectivity index (χ1v) is 11.8. The highest BCUT2D eigenvalue weighted by molar-refractivity contribution is 6.10. The van der Waals surface area contributed by atoms with Gasteiger partial charge in [-0.05, 0) is 74.4 Å². The van der Waals surface area contributed by atoms with E-state index in [9.17, 15) is 9.59 Å². The van der Waals surface area contributed by atoms with E-state index in [2.05, 4.69) is 35.5 Å². The number of allylic oxidation sites excluding steroid dienone is 1. The number of fused-ring (bicyclic) bond motifs is 2. The van der Waals surface area contributed by atoms with Crippen LogP contribution in [-0.2, 0) is 6.42 Å². The van der Waals surface area contributed by atoms with Crippen molar-refractivity contribution in [2.45, 2.75) is 25.8 Å². The van der Waals surface area contributed by atoms with Crippen LogP contribution in [0.15, 0.2) is 85.1 Å². The summed E-state index contributed by atoms with van der Waals surface area (Å²) >= 11 is 0. The van der Waals surface area contributed by atoms with Crippen molar-refractivity contribution in [2.75, 3.05) is 12.4 Å². The molecule has 0 aliphatic carbocycles. The lowest BCUT2D eigenvalue weighted by Crippen LogP contribution is -2.43. The van der Waals surface area contributed by atoms with Crippen molar-refractivity contribution in [3.63, 3.8) is 0 Å². The Morgan fingerprint density at radius 1 is 1.00 bits per heavy atom. The largest absolute Gasteiger partial charge is 0.497 e. The summed E-state index contributed by atoms with van der Waals surface area (Å²) in [7, 11) is 1.63. The van der Waals surface area contributed by atoms with Crippen molar-refractivity contribution >= 4 is 34.0 Å². The van der Waals surface area contributed by atoms with Gasteiger partial charge in [0, 0.05) is 51.3 Å². The lowest BCUT2D eigenvalue weighted by molar-refractivity contribution is 0.102. The number of carbonyl (C=O) groups is 2. The number of amides is 1. The summed E-state index contributed by atoms with van der Waals surface area (Å²) in [5.74, 6) is 0.358. The number of ketones is 1. The minimum absolute atomic E-state index is 0.141. The van der Waals surface area contributed by atoms with Crippen molar-refractivity contribution in [2.24, 2.45) is 0 Å². The summed E-state index contributed by atoms with van der Waals surface area (Å²) in [6.45, 7) is 4.22. The van der Waals surface area contributed by atoms with Gasteiger partial charge in [0.05, 0.1) is 12.6 Å². The standard InChI is InChI=1S/C30H27N3O3/c1-30(2)18-22-10-12-24(36-3)16-25(22)27(33-30)17-28(34)19-6-8-20(9-7-19)29(35)32-23-11-13-26-21(15-23)5-4-14-31-26/h4-17,33H,18H2,1-3H3,(H,32,35)/b27-17-. The molecule has 6 heteroatoms. The number of hydrogen-bond acceptors (Lipinski definition) is 5. The second kappa shape index (κ2) is 9.30. The maximum absolute atomic E-state index is 13.1. The summed E-state index contributed by atoms with van der Waals surface area (Å²) in [5, 5.41) is 7.34. The minimum atomic E-state index is -0.243. The predicted molar refractivity (Wildman–Crippen MR) is 142 cm³/mol. The molecule has 1 aliphatic heterocycles. The zero-order valence-electron chi connectivity index (χ0n) is 20.5. The Morgan fingerprint density at radius 3 is 2.56 bits per heavy atom. The van der Waals surface area contributed by atoms with Crippen molar-refractivity contribution in [3.05, 3.63) is 107 Å². The Bertz CT molecular complexity index is 1500. The van der Waals surface area contributed by atoms with Crippen LogP contribution in [0.1, 0.15) is 45.7 Å². The van der Waals surface area contributed by atoms with E-state index in [1.807, 2.05) is 42.5 Å². The van der Waals surface area contributed by atoms with Gasteiger partial charge < -0.3 is 15.4 Å². The fourth-order valence-electron chi connectivity index (χ4n) is 4.51. The molecule has 180 valence electrons. The number of methoxy groups -OCH3 is 1. The number of benzene rings is 3. The van der Waals surface area contributed by atoms with E-state index in [-0.39, 0.29) is 17.2 Å². The number of nitrogens with one attached hydrogen (secondary N) is 2. The van der Waals surface area contributed by atoms with Gasteiger partial charge in [-0.3, -0.25) is 14.6 Å². The van der Waals surface area contributed by atoms with Gasteiger partial charge in [-0.25, -0.2) is 0 Å². The highest BCUT2D eigenvalue weighted by Gasteiger charge is 2.28. The van der Waals surface area contributed by atoms with Gasteiger partial charge in [0.25, 0.3) is 5.91 Å². The molecule has 0 unspecified atom stereocenters. The second-order valence-corrected chi connectivity index (χ2v) is 9.57. The van der Waals surface area contributed by atoms with Crippen molar-refractivity contribution in [1.29, 1.82) is 0 Å². The average molecular weight is 478 g/mol. The Morgan fingerprint density at radius 2 is 1.78 bits per heavy atom. The predicted octanol–water partition coefficient (Wildman–Crippen LogP) is 5.64. The molecule has 6 nitrogen and oxygen atoms in total. The van der Waals surface area contributed by atoms with Crippen molar-refractivity contribution in [3.8, 4) is 5.75 Å². The number of rotatable bonds is 5. The maximum atomic E-state index is 13.1. The summed E-state index contributed by atoms with van der Waals surface area (Å²) in [6, 6.07) is 22.0. The highest BCUT2D eigenvalue weighted by atomic mass is 16.5. The second-order valence-electron chi connectivity index (χ2n) is 9.57. The third-order valence-electron chi connectivity index (χ3n) is 6.28. The molecule has 1 aromatic heterocycles. The van der Waals surface area contributed by atoms with E-state index in [0.29, 0.717) is 16.8 Å². The number of anilines is 1. The van der Waals surface area contributed by atoms with Crippen molar-refractivity contribution in [1.82, 2.24) is 10.3 Å². The third-order valence-corrected chi connectivity index (χ3v) is 6.28. The number of aromatic nitrogens is 1. The van der Waals surface area contributed by atoms with Crippen molar-refractivity contribution < 1.29 is 14.3 Å². The molecule has 5 rings (SSSR count). The molecule has 0 fully saturated rings. The molecule has 2 N–H and O–H groups in total. The first-order valence-electron chi connectivity index (χ1n) is 11.8. The topological polar surface area (TPSA) is 80.3 Å². The van der Waals surface area contributed by atoms with Crippen LogP contribution in [0.4, 0.5) is 5.69 Å². The number of hydrogen-bond donors (Lipinski definition) is 2. The lowest BCUT2D eigenvalue weighted by Gasteiger charge is -2.35. The first-order chi connectivity index (χ1) is 17.3. The van der Waals surface area contributed by atoms with E-state index in [4.69, 9.17) is 4.74 Å². The van der Waals surface area contributed by atoms with Crippen LogP contribution in [0, 0.1) is 0 Å². The van der Waals surface area contributed by atoms with E-state index < -0.39 is 0 Å².